The topological polar surface area (TPSA) is 105 Å². The molecule has 0 atom stereocenters. The van der Waals surface area contributed by atoms with Crippen molar-refractivity contribution in [2.24, 2.45) is 0 Å². The van der Waals surface area contributed by atoms with Gasteiger partial charge in [0.15, 0.2) is 11.5 Å². The van der Waals surface area contributed by atoms with E-state index in [1.807, 2.05) is 0 Å². The molecule has 1 aliphatic heterocycles. The first-order chi connectivity index (χ1) is 15.0. The second-order valence-corrected chi connectivity index (χ2v) is 7.42. The van der Waals surface area contributed by atoms with E-state index in [2.05, 4.69) is 15.5 Å². The van der Waals surface area contributed by atoms with Crippen molar-refractivity contribution in [3.05, 3.63) is 76.8 Å². The van der Waals surface area contributed by atoms with Gasteiger partial charge in [-0.1, -0.05) is 23.4 Å². The summed E-state index contributed by atoms with van der Waals surface area (Å²) in [7, 11) is 0. The van der Waals surface area contributed by atoms with E-state index in [0.29, 0.717) is 11.3 Å². The molecule has 1 aliphatic rings. The summed E-state index contributed by atoms with van der Waals surface area (Å²) in [6.45, 7) is -0.00271. The van der Waals surface area contributed by atoms with Crippen molar-refractivity contribution in [1.82, 2.24) is 20.4 Å². The molecule has 10 heteroatoms. The third kappa shape index (κ3) is 4.53. The van der Waals surface area contributed by atoms with E-state index in [0.717, 1.165) is 16.7 Å². The summed E-state index contributed by atoms with van der Waals surface area (Å²) in [4.78, 5) is 42.0. The highest BCUT2D eigenvalue weighted by Crippen LogP contribution is 2.32. The van der Waals surface area contributed by atoms with Crippen molar-refractivity contribution in [2.75, 3.05) is 13.1 Å². The number of nitrogens with zero attached hydrogens (tertiary/aromatic N) is 3. The Morgan fingerprint density at radius 1 is 1.23 bits per heavy atom. The Morgan fingerprint density at radius 2 is 2.06 bits per heavy atom. The van der Waals surface area contributed by atoms with Crippen LogP contribution in [0.1, 0.15) is 16.1 Å². The molecule has 3 amide bonds. The largest absolute Gasteiger partial charge is 0.355 e. The zero-order valence-electron chi connectivity index (χ0n) is 15.9. The maximum atomic E-state index is 13.8. The minimum atomic E-state index is -0.534. The summed E-state index contributed by atoms with van der Waals surface area (Å²) in [6, 6.07) is 10.9. The number of imide groups is 1. The third-order valence-corrected chi connectivity index (χ3v) is 5.28. The molecule has 1 fully saturated rings. The number of pyridine rings is 1. The fourth-order valence-corrected chi connectivity index (χ4v) is 3.68. The Balaban J connectivity index is 1.35. The summed E-state index contributed by atoms with van der Waals surface area (Å²) in [5, 5.41) is 5.84. The average molecular weight is 438 g/mol. The lowest BCUT2D eigenvalue weighted by Crippen LogP contribution is -2.37. The van der Waals surface area contributed by atoms with Crippen molar-refractivity contribution < 1.29 is 23.3 Å². The van der Waals surface area contributed by atoms with Crippen LogP contribution >= 0.6 is 11.8 Å². The lowest BCUT2D eigenvalue weighted by Gasteiger charge is -2.12. The second kappa shape index (κ2) is 8.92. The first-order valence-electron chi connectivity index (χ1n) is 9.18. The Bertz CT molecular complexity index is 1180. The highest BCUT2D eigenvalue weighted by atomic mass is 32.2. The van der Waals surface area contributed by atoms with Crippen LogP contribution in [-0.4, -0.2) is 45.2 Å². The molecule has 0 saturated carbocycles. The summed E-state index contributed by atoms with van der Waals surface area (Å²) >= 11 is 0.727. The van der Waals surface area contributed by atoms with Crippen LogP contribution in [0.5, 0.6) is 0 Å². The van der Waals surface area contributed by atoms with Gasteiger partial charge in [0.05, 0.1) is 4.91 Å². The van der Waals surface area contributed by atoms with Gasteiger partial charge in [-0.2, -0.15) is 0 Å². The molecule has 1 saturated heterocycles. The second-order valence-electron chi connectivity index (χ2n) is 6.43. The van der Waals surface area contributed by atoms with Gasteiger partial charge in [0, 0.05) is 42.7 Å². The molecule has 0 unspecified atom stereocenters. The van der Waals surface area contributed by atoms with Gasteiger partial charge in [-0.25, -0.2) is 4.39 Å². The summed E-state index contributed by atoms with van der Waals surface area (Å²) in [5.74, 6) is -1.14. The van der Waals surface area contributed by atoms with E-state index in [9.17, 15) is 18.8 Å². The van der Waals surface area contributed by atoms with Gasteiger partial charge in [0.1, 0.15) is 5.82 Å². The fourth-order valence-electron chi connectivity index (χ4n) is 2.82. The minimum Gasteiger partial charge on any atom is -0.355 e. The van der Waals surface area contributed by atoms with E-state index in [-0.39, 0.29) is 29.3 Å². The maximum Gasteiger partial charge on any atom is 0.293 e. The maximum absolute atomic E-state index is 13.8. The van der Waals surface area contributed by atoms with Gasteiger partial charge in [-0.3, -0.25) is 24.3 Å². The number of thioether (sulfide) groups is 1. The van der Waals surface area contributed by atoms with Gasteiger partial charge in [-0.05, 0) is 36.0 Å². The summed E-state index contributed by atoms with van der Waals surface area (Å²) in [6.07, 6.45) is 4.54. The number of carbonyl (C=O) groups excluding carboxylic acids is 3. The van der Waals surface area contributed by atoms with E-state index in [4.69, 9.17) is 4.52 Å². The highest BCUT2D eigenvalue weighted by molar-refractivity contribution is 8.18. The minimum absolute atomic E-state index is 0.0267. The Labute approximate surface area is 180 Å². The number of aromatic nitrogens is 2. The molecule has 2 aromatic heterocycles. The SMILES string of the molecule is O=C(NCCN1C(=O)S/C(=C\c2ccccc2F)C1=O)c1cc(-c2cccnc2)on1. The average Bonchev–Trinajstić information content (AvgIpc) is 3.37. The molecule has 4 rings (SSSR count). The van der Waals surface area contributed by atoms with E-state index in [1.54, 1.807) is 30.6 Å². The van der Waals surface area contributed by atoms with E-state index in [1.165, 1.54) is 30.3 Å². The number of nitrogens with one attached hydrogen (secondary N) is 1. The molecule has 3 heterocycles. The Kier molecular flexibility index (Phi) is 5.89. The van der Waals surface area contributed by atoms with Crippen LogP contribution in [-0.2, 0) is 4.79 Å². The standard InChI is InChI=1S/C21H15FN4O4S/c22-15-6-2-1-4-13(15)10-18-20(28)26(21(29)31-18)9-8-24-19(27)16-11-17(30-25-16)14-5-3-7-23-12-14/h1-7,10-12H,8-9H2,(H,24,27)/b18-10-. The van der Waals surface area contributed by atoms with Crippen molar-refractivity contribution in [1.29, 1.82) is 0 Å². The Morgan fingerprint density at radius 3 is 2.84 bits per heavy atom. The lowest BCUT2D eigenvalue weighted by molar-refractivity contribution is -0.122. The molecular weight excluding hydrogens is 423 g/mol. The molecule has 0 aliphatic carbocycles. The third-order valence-electron chi connectivity index (χ3n) is 4.38. The molecule has 1 N–H and O–H groups in total. The van der Waals surface area contributed by atoms with Crippen LogP contribution in [0.4, 0.5) is 9.18 Å². The van der Waals surface area contributed by atoms with Crippen molar-refractivity contribution >= 4 is 34.9 Å². The fraction of sp³-hybridized carbons (Fsp3) is 0.0952. The molecule has 1 aromatic carbocycles. The monoisotopic (exact) mass is 438 g/mol. The van der Waals surface area contributed by atoms with Crippen LogP contribution in [0.15, 0.2) is 64.3 Å². The molecule has 156 valence electrons. The summed E-state index contributed by atoms with van der Waals surface area (Å²) in [5.41, 5.74) is 0.956. The molecule has 0 bridgehead atoms. The lowest BCUT2D eigenvalue weighted by atomic mass is 10.2. The van der Waals surface area contributed by atoms with Gasteiger partial charge in [-0.15, -0.1) is 0 Å². The Hall–Kier alpha value is -3.79. The number of rotatable bonds is 6. The van der Waals surface area contributed by atoms with Gasteiger partial charge < -0.3 is 9.84 Å². The zero-order valence-corrected chi connectivity index (χ0v) is 16.8. The van der Waals surface area contributed by atoms with Gasteiger partial charge >= 0.3 is 0 Å². The molecule has 0 spiro atoms. The number of amides is 3. The first kappa shape index (κ1) is 20.5. The zero-order chi connectivity index (χ0) is 21.8. The molecule has 8 nitrogen and oxygen atoms in total. The number of benzene rings is 1. The number of halogens is 1. The molecular formula is C21H15FN4O4S. The van der Waals surface area contributed by atoms with Crippen LogP contribution < -0.4 is 5.32 Å². The van der Waals surface area contributed by atoms with Gasteiger partial charge in [0.2, 0.25) is 0 Å². The predicted octanol–water partition coefficient (Wildman–Crippen LogP) is 3.34. The molecule has 0 radical (unpaired) electrons. The van der Waals surface area contributed by atoms with Crippen molar-refractivity contribution in [3.63, 3.8) is 0 Å². The molecule has 31 heavy (non-hydrogen) atoms. The predicted molar refractivity (Wildman–Crippen MR) is 111 cm³/mol. The first-order valence-corrected chi connectivity index (χ1v) is 10.00. The van der Waals surface area contributed by atoms with Crippen molar-refractivity contribution in [2.45, 2.75) is 0 Å². The number of carbonyl (C=O) groups is 3. The highest BCUT2D eigenvalue weighted by Gasteiger charge is 2.34. The van der Waals surface area contributed by atoms with Crippen LogP contribution in [0, 0.1) is 5.82 Å². The number of hydrogen-bond donors (Lipinski definition) is 1. The van der Waals surface area contributed by atoms with E-state index >= 15 is 0 Å². The summed E-state index contributed by atoms with van der Waals surface area (Å²) < 4.78 is 19.0. The number of hydrogen-bond acceptors (Lipinski definition) is 7. The van der Waals surface area contributed by atoms with Gasteiger partial charge in [0.25, 0.3) is 17.1 Å². The van der Waals surface area contributed by atoms with Crippen LogP contribution in [0.2, 0.25) is 0 Å². The van der Waals surface area contributed by atoms with Crippen molar-refractivity contribution in [3.8, 4) is 11.3 Å². The van der Waals surface area contributed by atoms with Crippen LogP contribution in [0.3, 0.4) is 0 Å². The van der Waals surface area contributed by atoms with E-state index < -0.39 is 22.9 Å². The smallest absolute Gasteiger partial charge is 0.293 e. The normalized spacial score (nSPS) is 15.0. The molecule has 3 aromatic rings. The quantitative estimate of drug-likeness (QED) is 0.589. The van der Waals surface area contributed by atoms with Crippen LogP contribution in [0.25, 0.3) is 17.4 Å².